The van der Waals surface area contributed by atoms with E-state index in [2.05, 4.69) is 62.8 Å². The lowest BCUT2D eigenvalue weighted by atomic mass is 10.1. The second kappa shape index (κ2) is 6.36. The normalized spacial score (nSPS) is 11.4. The fourth-order valence-electron chi connectivity index (χ4n) is 3.54. The van der Waals surface area contributed by atoms with Crippen LogP contribution in [0.15, 0.2) is 73.4 Å². The molecule has 0 amide bonds. The van der Waals surface area contributed by atoms with Crippen LogP contribution in [0.5, 0.6) is 0 Å². The van der Waals surface area contributed by atoms with E-state index in [4.69, 9.17) is 0 Å². The minimum absolute atomic E-state index is 0.747. The van der Waals surface area contributed by atoms with Gasteiger partial charge in [0.2, 0.25) is 0 Å². The Morgan fingerprint density at radius 1 is 0.815 bits per heavy atom. The van der Waals surface area contributed by atoms with Crippen LogP contribution in [0.3, 0.4) is 0 Å². The smallest absolute Gasteiger partial charge is 0.168 e. The molecule has 0 bridgehead atoms. The summed E-state index contributed by atoms with van der Waals surface area (Å²) in [6, 6.07) is 18.9. The van der Waals surface area contributed by atoms with Gasteiger partial charge in [-0.05, 0) is 18.1 Å². The lowest BCUT2D eigenvalue weighted by molar-refractivity contribution is 0.812. The molecule has 5 rings (SSSR count). The Balaban J connectivity index is 1.54. The molecule has 0 fully saturated rings. The molecule has 27 heavy (non-hydrogen) atoms. The zero-order valence-corrected chi connectivity index (χ0v) is 15.1. The molecule has 132 valence electrons. The Bertz CT molecular complexity index is 1230. The summed E-state index contributed by atoms with van der Waals surface area (Å²) in [4.78, 5) is 13.9. The summed E-state index contributed by atoms with van der Waals surface area (Å²) >= 11 is 0. The molecular weight excluding hydrogens is 334 g/mol. The van der Waals surface area contributed by atoms with Crippen LogP contribution in [-0.4, -0.2) is 23.9 Å². The molecule has 0 saturated carbocycles. The van der Waals surface area contributed by atoms with Crippen molar-refractivity contribution in [2.24, 2.45) is 0 Å². The van der Waals surface area contributed by atoms with E-state index in [9.17, 15) is 0 Å². The molecule has 0 unspecified atom stereocenters. The maximum atomic E-state index is 4.68. The predicted molar refractivity (Wildman–Crippen MR) is 106 cm³/mol. The van der Waals surface area contributed by atoms with Gasteiger partial charge in [0.1, 0.15) is 6.33 Å². The maximum Gasteiger partial charge on any atom is 0.168 e. The lowest BCUT2D eigenvalue weighted by Crippen LogP contribution is -2.01. The number of hydrogen-bond donors (Lipinski definition) is 0. The summed E-state index contributed by atoms with van der Waals surface area (Å²) < 4.78 is 4.12. The highest BCUT2D eigenvalue weighted by Gasteiger charge is 2.13. The average Bonchev–Trinajstić information content (AvgIpc) is 3.27. The summed E-state index contributed by atoms with van der Waals surface area (Å²) in [6.45, 7) is 2.86. The van der Waals surface area contributed by atoms with Crippen molar-refractivity contribution in [3.05, 3.63) is 95.8 Å². The van der Waals surface area contributed by atoms with E-state index in [0.29, 0.717) is 0 Å². The minimum Gasteiger partial charge on any atom is -0.311 e. The number of aromatic nitrogens is 5. The van der Waals surface area contributed by atoms with Gasteiger partial charge in [-0.25, -0.2) is 15.0 Å². The van der Waals surface area contributed by atoms with Crippen LogP contribution in [0.4, 0.5) is 0 Å². The van der Waals surface area contributed by atoms with Crippen LogP contribution in [-0.2, 0) is 13.0 Å². The van der Waals surface area contributed by atoms with Crippen molar-refractivity contribution in [3.63, 3.8) is 0 Å². The summed E-state index contributed by atoms with van der Waals surface area (Å²) in [5.41, 5.74) is 7.43. The highest BCUT2D eigenvalue weighted by molar-refractivity contribution is 5.85. The molecule has 3 aromatic heterocycles. The molecule has 5 nitrogen and oxygen atoms in total. The van der Waals surface area contributed by atoms with Crippen LogP contribution >= 0.6 is 0 Å². The standard InChI is InChI=1S/C22H19N5/c1-16-6-5-9-18(10-16)11-19-12-23-22-20-21(25-15-27(19)22)26(14-24-20)13-17-7-3-2-4-8-17/h2-10,12,14-15H,11,13H2,1H3. The first-order valence-corrected chi connectivity index (χ1v) is 9.03. The van der Waals surface area contributed by atoms with Gasteiger partial charge in [0, 0.05) is 18.3 Å². The van der Waals surface area contributed by atoms with Crippen molar-refractivity contribution < 1.29 is 0 Å². The number of benzene rings is 2. The van der Waals surface area contributed by atoms with Gasteiger partial charge in [-0.2, -0.15) is 0 Å². The number of hydrogen-bond acceptors (Lipinski definition) is 3. The molecule has 5 heteroatoms. The minimum atomic E-state index is 0.747. The third kappa shape index (κ3) is 2.87. The molecule has 0 aliphatic carbocycles. The number of aryl methyl sites for hydroxylation is 1. The van der Waals surface area contributed by atoms with Gasteiger partial charge in [-0.15, -0.1) is 0 Å². The number of rotatable bonds is 4. The molecule has 0 saturated heterocycles. The molecule has 0 radical (unpaired) electrons. The zero-order valence-electron chi connectivity index (χ0n) is 15.1. The summed E-state index contributed by atoms with van der Waals surface area (Å²) in [7, 11) is 0. The van der Waals surface area contributed by atoms with Gasteiger partial charge >= 0.3 is 0 Å². The van der Waals surface area contributed by atoms with Crippen molar-refractivity contribution in [2.75, 3.05) is 0 Å². The topological polar surface area (TPSA) is 48.0 Å². The molecule has 3 heterocycles. The van der Waals surface area contributed by atoms with Crippen LogP contribution in [0.25, 0.3) is 16.8 Å². The Morgan fingerprint density at radius 2 is 1.67 bits per heavy atom. The van der Waals surface area contributed by atoms with Crippen molar-refractivity contribution in [2.45, 2.75) is 19.9 Å². The van der Waals surface area contributed by atoms with Crippen LogP contribution in [0, 0.1) is 6.92 Å². The largest absolute Gasteiger partial charge is 0.311 e. The van der Waals surface area contributed by atoms with Gasteiger partial charge in [0.25, 0.3) is 0 Å². The van der Waals surface area contributed by atoms with Gasteiger partial charge in [0.05, 0.1) is 12.9 Å². The second-order valence-electron chi connectivity index (χ2n) is 6.88. The maximum absolute atomic E-state index is 4.68. The molecule has 0 spiro atoms. The molecule has 5 aromatic rings. The van der Waals surface area contributed by atoms with Crippen molar-refractivity contribution in [1.29, 1.82) is 0 Å². The van der Waals surface area contributed by atoms with Crippen molar-refractivity contribution in [3.8, 4) is 0 Å². The fourth-order valence-corrected chi connectivity index (χ4v) is 3.54. The lowest BCUT2D eigenvalue weighted by Gasteiger charge is -2.05. The summed E-state index contributed by atoms with van der Waals surface area (Å²) in [5.74, 6) is 0. The Labute approximate surface area is 157 Å². The van der Waals surface area contributed by atoms with Crippen LogP contribution < -0.4 is 0 Å². The molecule has 0 N–H and O–H groups in total. The average molecular weight is 353 g/mol. The van der Waals surface area contributed by atoms with E-state index in [0.717, 1.165) is 35.5 Å². The molecule has 0 aliphatic heterocycles. The van der Waals surface area contributed by atoms with Gasteiger partial charge < -0.3 is 4.57 Å². The third-order valence-electron chi connectivity index (χ3n) is 4.85. The van der Waals surface area contributed by atoms with E-state index >= 15 is 0 Å². The van der Waals surface area contributed by atoms with E-state index < -0.39 is 0 Å². The fraction of sp³-hybridized carbons (Fsp3) is 0.136. The Kier molecular flexibility index (Phi) is 3.71. The molecule has 0 atom stereocenters. The third-order valence-corrected chi connectivity index (χ3v) is 4.85. The highest BCUT2D eigenvalue weighted by Crippen LogP contribution is 2.20. The molecule has 0 aliphatic rings. The van der Waals surface area contributed by atoms with Crippen LogP contribution in [0.1, 0.15) is 22.4 Å². The van der Waals surface area contributed by atoms with Gasteiger partial charge in [0.15, 0.2) is 16.8 Å². The second-order valence-corrected chi connectivity index (χ2v) is 6.88. The first-order valence-electron chi connectivity index (χ1n) is 9.03. The van der Waals surface area contributed by atoms with E-state index in [1.165, 1.54) is 16.7 Å². The highest BCUT2D eigenvalue weighted by atomic mass is 15.2. The van der Waals surface area contributed by atoms with E-state index in [1.54, 1.807) is 0 Å². The number of nitrogens with zero attached hydrogens (tertiary/aromatic N) is 5. The summed E-state index contributed by atoms with van der Waals surface area (Å²) in [6.07, 6.45) is 6.45. The van der Waals surface area contributed by atoms with E-state index in [1.807, 2.05) is 41.5 Å². The molecular formula is C22H19N5. The van der Waals surface area contributed by atoms with E-state index in [-0.39, 0.29) is 0 Å². The first-order chi connectivity index (χ1) is 13.3. The van der Waals surface area contributed by atoms with Crippen LogP contribution in [0.2, 0.25) is 0 Å². The van der Waals surface area contributed by atoms with Crippen molar-refractivity contribution >= 4 is 16.8 Å². The first kappa shape index (κ1) is 15.8. The van der Waals surface area contributed by atoms with Gasteiger partial charge in [-0.1, -0.05) is 60.2 Å². The SMILES string of the molecule is Cc1cccc(Cc2cnc3c4ncn(Cc5ccccc5)c4ncn23)c1. The quantitative estimate of drug-likeness (QED) is 0.490. The van der Waals surface area contributed by atoms with Gasteiger partial charge in [-0.3, -0.25) is 4.40 Å². The number of imidazole rings is 2. The Hall–Kier alpha value is -3.47. The summed E-state index contributed by atoms with van der Waals surface area (Å²) in [5, 5.41) is 0. The number of fused-ring (bicyclic) bond motifs is 3. The van der Waals surface area contributed by atoms with Crippen molar-refractivity contribution in [1.82, 2.24) is 23.9 Å². The Morgan fingerprint density at radius 3 is 2.52 bits per heavy atom. The predicted octanol–water partition coefficient (Wildman–Crippen LogP) is 4.03. The monoisotopic (exact) mass is 353 g/mol. The molecule has 2 aromatic carbocycles. The zero-order chi connectivity index (χ0) is 18.2.